The first kappa shape index (κ1) is 19.7. The second-order valence-electron chi connectivity index (χ2n) is 6.03. The molecule has 2 N–H and O–H groups in total. The zero-order valence-corrected chi connectivity index (χ0v) is 15.8. The Hall–Kier alpha value is -2.67. The van der Waals surface area contributed by atoms with E-state index in [9.17, 15) is 9.59 Å². The van der Waals surface area contributed by atoms with Gasteiger partial charge in [-0.1, -0.05) is 11.6 Å². The van der Waals surface area contributed by atoms with Crippen molar-refractivity contribution in [2.75, 3.05) is 19.5 Å². The molecule has 0 saturated carbocycles. The maximum absolute atomic E-state index is 12.7. The molecule has 8 heteroatoms. The molecular weight excluding hydrogens is 360 g/mol. The predicted octanol–water partition coefficient (Wildman–Crippen LogP) is 3.23. The van der Waals surface area contributed by atoms with Gasteiger partial charge < -0.3 is 24.5 Å². The molecule has 26 heavy (non-hydrogen) atoms. The molecule has 1 aromatic heterocycles. The molecule has 0 atom stereocenters. The Morgan fingerprint density at radius 1 is 1.15 bits per heavy atom. The Morgan fingerprint density at radius 2 is 1.85 bits per heavy atom. The number of carbonyl (C=O) groups excluding carboxylic acids is 2. The first-order chi connectivity index (χ1) is 12.3. The van der Waals surface area contributed by atoms with Gasteiger partial charge >= 0.3 is 0 Å². The maximum Gasteiger partial charge on any atom is 0.239 e. The van der Waals surface area contributed by atoms with E-state index in [0.717, 1.165) is 0 Å². The van der Waals surface area contributed by atoms with E-state index in [-0.39, 0.29) is 6.54 Å². The lowest BCUT2D eigenvalue weighted by Crippen LogP contribution is -2.44. The number of ether oxygens (including phenoxy) is 2. The van der Waals surface area contributed by atoms with Gasteiger partial charge in [-0.05, 0) is 26.0 Å². The van der Waals surface area contributed by atoms with Gasteiger partial charge in [-0.3, -0.25) is 9.59 Å². The molecule has 1 heterocycles. The summed E-state index contributed by atoms with van der Waals surface area (Å²) in [6.07, 6.45) is 1.51. The van der Waals surface area contributed by atoms with Crippen LogP contribution in [0.1, 0.15) is 19.6 Å². The minimum absolute atomic E-state index is 0.195. The molecule has 0 aliphatic heterocycles. The summed E-state index contributed by atoms with van der Waals surface area (Å²) in [4.78, 5) is 25.1. The van der Waals surface area contributed by atoms with E-state index in [4.69, 9.17) is 25.5 Å². The smallest absolute Gasteiger partial charge is 0.239 e. The van der Waals surface area contributed by atoms with Crippen LogP contribution < -0.4 is 20.1 Å². The van der Waals surface area contributed by atoms with Crippen molar-refractivity contribution in [1.29, 1.82) is 0 Å². The van der Waals surface area contributed by atoms with E-state index in [0.29, 0.717) is 28.0 Å². The Labute approximate surface area is 156 Å². The summed E-state index contributed by atoms with van der Waals surface area (Å²) in [5, 5.41) is 5.72. The third kappa shape index (κ3) is 4.29. The zero-order chi connectivity index (χ0) is 19.3. The predicted molar refractivity (Wildman–Crippen MR) is 97.5 cm³/mol. The van der Waals surface area contributed by atoms with Gasteiger partial charge in [0.15, 0.2) is 0 Å². The zero-order valence-electron chi connectivity index (χ0n) is 15.0. The summed E-state index contributed by atoms with van der Waals surface area (Å²) in [6.45, 7) is 3.25. The molecule has 0 saturated heterocycles. The van der Waals surface area contributed by atoms with E-state index >= 15 is 0 Å². The second-order valence-corrected chi connectivity index (χ2v) is 6.44. The number of nitrogens with one attached hydrogen (secondary N) is 2. The number of furan rings is 1. The van der Waals surface area contributed by atoms with E-state index in [1.165, 1.54) is 46.5 Å². The average molecular weight is 381 g/mol. The molecule has 0 bridgehead atoms. The molecule has 2 amide bonds. The summed E-state index contributed by atoms with van der Waals surface area (Å²) in [7, 11) is 2.92. The van der Waals surface area contributed by atoms with Gasteiger partial charge in [0, 0.05) is 12.1 Å². The molecule has 0 aliphatic rings. The normalized spacial score (nSPS) is 11.0. The minimum atomic E-state index is -1.33. The van der Waals surface area contributed by atoms with Gasteiger partial charge in [0.25, 0.3) is 0 Å². The van der Waals surface area contributed by atoms with Gasteiger partial charge in [0.05, 0.1) is 37.7 Å². The summed E-state index contributed by atoms with van der Waals surface area (Å²) >= 11 is 6.06. The summed E-state index contributed by atoms with van der Waals surface area (Å²) < 4.78 is 15.5. The second kappa shape index (κ2) is 8.14. The third-order valence-corrected chi connectivity index (χ3v) is 4.16. The van der Waals surface area contributed by atoms with Crippen LogP contribution in [-0.2, 0) is 16.1 Å². The van der Waals surface area contributed by atoms with Crippen LogP contribution in [0.4, 0.5) is 5.69 Å². The summed E-state index contributed by atoms with van der Waals surface area (Å²) in [5.41, 5.74) is -0.976. The van der Waals surface area contributed by atoms with Crippen LogP contribution >= 0.6 is 11.6 Å². The maximum atomic E-state index is 12.7. The van der Waals surface area contributed by atoms with Gasteiger partial charge in [0.1, 0.15) is 22.7 Å². The molecule has 2 rings (SSSR count). The Balaban J connectivity index is 2.13. The topological polar surface area (TPSA) is 89.8 Å². The standard InChI is InChI=1S/C18H21ClN2O5/c1-18(2,16(22)20-10-11-6-5-7-26-11)17(23)21-13-9-14(24-3)12(19)8-15(13)25-4/h5-9H,10H2,1-4H3,(H,20,22)(H,21,23). The number of amides is 2. The van der Waals surface area contributed by atoms with Gasteiger partial charge in [-0.25, -0.2) is 0 Å². The summed E-state index contributed by atoms with van der Waals surface area (Å²) in [6, 6.07) is 6.52. The van der Waals surface area contributed by atoms with Gasteiger partial charge in [0.2, 0.25) is 11.8 Å². The molecule has 0 aliphatic carbocycles. The monoisotopic (exact) mass is 380 g/mol. The van der Waals surface area contributed by atoms with Gasteiger partial charge in [-0.2, -0.15) is 0 Å². The van der Waals surface area contributed by atoms with Crippen molar-refractivity contribution < 1.29 is 23.5 Å². The summed E-state index contributed by atoms with van der Waals surface area (Å²) in [5.74, 6) is 0.390. The number of benzene rings is 1. The quantitative estimate of drug-likeness (QED) is 0.720. The number of rotatable bonds is 7. The molecule has 0 fully saturated rings. The van der Waals surface area contributed by atoms with Crippen LogP contribution in [0.3, 0.4) is 0 Å². The largest absolute Gasteiger partial charge is 0.495 e. The van der Waals surface area contributed by atoms with Crippen molar-refractivity contribution in [3.8, 4) is 11.5 Å². The first-order valence-electron chi connectivity index (χ1n) is 7.83. The molecule has 0 spiro atoms. The number of anilines is 1. The molecule has 2 aromatic rings. The van der Waals surface area contributed by atoms with Crippen LogP contribution in [0.5, 0.6) is 11.5 Å². The number of hydrogen-bond donors (Lipinski definition) is 2. The van der Waals surface area contributed by atoms with Gasteiger partial charge in [-0.15, -0.1) is 0 Å². The van der Waals surface area contributed by atoms with Crippen molar-refractivity contribution in [2.24, 2.45) is 5.41 Å². The molecule has 7 nitrogen and oxygen atoms in total. The van der Waals surface area contributed by atoms with E-state index in [1.54, 1.807) is 12.1 Å². The Bertz CT molecular complexity index is 787. The highest BCUT2D eigenvalue weighted by Crippen LogP contribution is 2.36. The number of carbonyl (C=O) groups is 2. The highest BCUT2D eigenvalue weighted by Gasteiger charge is 2.36. The van der Waals surface area contributed by atoms with Crippen LogP contribution in [0.2, 0.25) is 5.02 Å². The molecule has 0 radical (unpaired) electrons. The number of methoxy groups -OCH3 is 2. The molecule has 1 aromatic carbocycles. The fourth-order valence-corrected chi connectivity index (χ4v) is 2.37. The fourth-order valence-electron chi connectivity index (χ4n) is 2.14. The number of halogens is 1. The van der Waals surface area contributed by atoms with Crippen LogP contribution in [-0.4, -0.2) is 26.0 Å². The van der Waals surface area contributed by atoms with E-state index in [1.807, 2.05) is 0 Å². The average Bonchev–Trinajstić information content (AvgIpc) is 3.13. The van der Waals surface area contributed by atoms with Crippen molar-refractivity contribution in [3.05, 3.63) is 41.3 Å². The molecular formula is C18H21ClN2O5. The minimum Gasteiger partial charge on any atom is -0.495 e. The molecule has 0 unspecified atom stereocenters. The Morgan fingerprint density at radius 3 is 2.42 bits per heavy atom. The third-order valence-electron chi connectivity index (χ3n) is 3.86. The van der Waals surface area contributed by atoms with Crippen LogP contribution in [0.25, 0.3) is 0 Å². The Kier molecular flexibility index (Phi) is 6.15. The van der Waals surface area contributed by atoms with Crippen LogP contribution in [0.15, 0.2) is 34.9 Å². The SMILES string of the molecule is COc1cc(NC(=O)C(C)(C)C(=O)NCc2ccco2)c(OC)cc1Cl. The van der Waals surface area contributed by atoms with Crippen LogP contribution in [0, 0.1) is 5.41 Å². The molecule has 140 valence electrons. The lowest BCUT2D eigenvalue weighted by atomic mass is 9.91. The first-order valence-corrected chi connectivity index (χ1v) is 8.21. The van der Waals surface area contributed by atoms with Crippen molar-refractivity contribution in [1.82, 2.24) is 5.32 Å². The van der Waals surface area contributed by atoms with Crippen molar-refractivity contribution >= 4 is 29.1 Å². The van der Waals surface area contributed by atoms with Crippen molar-refractivity contribution in [3.63, 3.8) is 0 Å². The number of hydrogen-bond acceptors (Lipinski definition) is 5. The van der Waals surface area contributed by atoms with E-state index in [2.05, 4.69) is 10.6 Å². The fraction of sp³-hybridized carbons (Fsp3) is 0.333. The lowest BCUT2D eigenvalue weighted by Gasteiger charge is -2.23. The lowest BCUT2D eigenvalue weighted by molar-refractivity contribution is -0.138. The van der Waals surface area contributed by atoms with E-state index < -0.39 is 17.2 Å². The van der Waals surface area contributed by atoms with Crippen molar-refractivity contribution in [2.45, 2.75) is 20.4 Å². The highest BCUT2D eigenvalue weighted by atomic mass is 35.5. The highest BCUT2D eigenvalue weighted by molar-refractivity contribution is 6.32.